The Hall–Kier alpha value is -1.13. The molecule has 2 aliphatic rings. The monoisotopic (exact) mass is 263 g/mol. The fraction of sp³-hybridized carbons (Fsp3) is 0.600. The molecule has 0 amide bonds. The average molecular weight is 263 g/mol. The minimum Gasteiger partial charge on any atom is -0.398 e. The lowest BCUT2D eigenvalue weighted by Crippen LogP contribution is -2.54. The standard InChI is InChI=1S/C15H22FN3/c16-13-4-5-15(17)12(9-13)10-18-7-8-19-6-2-1-3-14(19)11-18/h4-5,9,14H,1-3,6-8,10-11,17H2. The van der Waals surface area contributed by atoms with Gasteiger partial charge in [0.05, 0.1) is 0 Å². The molecule has 0 bridgehead atoms. The van der Waals surface area contributed by atoms with Gasteiger partial charge in [-0.1, -0.05) is 6.42 Å². The van der Waals surface area contributed by atoms with Crippen molar-refractivity contribution in [3.63, 3.8) is 0 Å². The third-order valence-corrected chi connectivity index (χ3v) is 4.42. The van der Waals surface area contributed by atoms with Gasteiger partial charge in [-0.05, 0) is 43.1 Å². The van der Waals surface area contributed by atoms with Gasteiger partial charge < -0.3 is 5.73 Å². The number of piperidine rings is 1. The Labute approximate surface area is 114 Å². The fourth-order valence-electron chi connectivity index (χ4n) is 3.32. The number of halogens is 1. The summed E-state index contributed by atoms with van der Waals surface area (Å²) in [5.41, 5.74) is 7.56. The third kappa shape index (κ3) is 2.90. The highest BCUT2D eigenvalue weighted by Gasteiger charge is 2.28. The van der Waals surface area contributed by atoms with Crippen LogP contribution in [-0.4, -0.2) is 42.0 Å². The summed E-state index contributed by atoms with van der Waals surface area (Å²) < 4.78 is 13.3. The van der Waals surface area contributed by atoms with E-state index >= 15 is 0 Å². The van der Waals surface area contributed by atoms with Crippen LogP contribution in [0.2, 0.25) is 0 Å². The van der Waals surface area contributed by atoms with Crippen LogP contribution in [0.3, 0.4) is 0 Å². The molecular weight excluding hydrogens is 241 g/mol. The second kappa shape index (κ2) is 5.47. The maximum Gasteiger partial charge on any atom is 0.123 e. The number of anilines is 1. The third-order valence-electron chi connectivity index (χ3n) is 4.42. The normalized spacial score (nSPS) is 25.2. The number of rotatable bonds is 2. The molecular formula is C15H22FN3. The number of hydrogen-bond acceptors (Lipinski definition) is 3. The van der Waals surface area contributed by atoms with Crippen LogP contribution >= 0.6 is 0 Å². The number of fused-ring (bicyclic) bond motifs is 1. The minimum atomic E-state index is -0.194. The molecule has 1 aromatic carbocycles. The molecule has 2 saturated heterocycles. The van der Waals surface area contributed by atoms with Gasteiger partial charge in [0, 0.05) is 37.9 Å². The quantitative estimate of drug-likeness (QED) is 0.829. The lowest BCUT2D eigenvalue weighted by atomic mass is 9.99. The first-order chi connectivity index (χ1) is 9.22. The van der Waals surface area contributed by atoms with Gasteiger partial charge in [0.25, 0.3) is 0 Å². The van der Waals surface area contributed by atoms with Crippen LogP contribution in [0.15, 0.2) is 18.2 Å². The van der Waals surface area contributed by atoms with Crippen molar-refractivity contribution in [3.8, 4) is 0 Å². The molecule has 2 fully saturated rings. The van der Waals surface area contributed by atoms with Crippen LogP contribution in [0.4, 0.5) is 10.1 Å². The first-order valence-corrected chi connectivity index (χ1v) is 7.23. The molecule has 2 N–H and O–H groups in total. The van der Waals surface area contributed by atoms with Crippen LogP contribution in [0.1, 0.15) is 24.8 Å². The summed E-state index contributed by atoms with van der Waals surface area (Å²) in [5.74, 6) is -0.194. The van der Waals surface area contributed by atoms with Crippen molar-refractivity contribution >= 4 is 5.69 Å². The predicted molar refractivity (Wildman–Crippen MR) is 75.3 cm³/mol. The summed E-state index contributed by atoms with van der Waals surface area (Å²) in [4.78, 5) is 5.02. The highest BCUT2D eigenvalue weighted by atomic mass is 19.1. The predicted octanol–water partition coefficient (Wildman–Crippen LogP) is 2.08. The molecule has 1 aromatic rings. The topological polar surface area (TPSA) is 32.5 Å². The van der Waals surface area contributed by atoms with Crippen molar-refractivity contribution in [2.75, 3.05) is 31.9 Å². The van der Waals surface area contributed by atoms with Gasteiger partial charge in [-0.25, -0.2) is 4.39 Å². The number of nitrogen functional groups attached to an aromatic ring is 1. The summed E-state index contributed by atoms with van der Waals surface area (Å²) in [6.45, 7) is 5.32. The molecule has 3 nitrogen and oxygen atoms in total. The van der Waals surface area contributed by atoms with Crippen molar-refractivity contribution in [2.45, 2.75) is 31.8 Å². The van der Waals surface area contributed by atoms with Gasteiger partial charge in [0.15, 0.2) is 0 Å². The Balaban J connectivity index is 1.65. The fourth-order valence-corrected chi connectivity index (χ4v) is 3.32. The molecule has 0 radical (unpaired) electrons. The first kappa shape index (κ1) is 12.9. The van der Waals surface area contributed by atoms with Gasteiger partial charge in [0.2, 0.25) is 0 Å². The molecule has 3 rings (SSSR count). The van der Waals surface area contributed by atoms with E-state index in [0.29, 0.717) is 11.7 Å². The van der Waals surface area contributed by atoms with Crippen molar-refractivity contribution in [1.82, 2.24) is 9.80 Å². The molecule has 104 valence electrons. The number of nitrogens with two attached hydrogens (primary N) is 1. The van der Waals surface area contributed by atoms with Crippen LogP contribution < -0.4 is 5.73 Å². The summed E-state index contributed by atoms with van der Waals surface area (Å²) >= 11 is 0. The van der Waals surface area contributed by atoms with E-state index in [-0.39, 0.29) is 5.82 Å². The first-order valence-electron chi connectivity index (χ1n) is 7.23. The van der Waals surface area contributed by atoms with E-state index in [1.165, 1.54) is 31.9 Å². The summed E-state index contributed by atoms with van der Waals surface area (Å²) in [7, 11) is 0. The lowest BCUT2D eigenvalue weighted by Gasteiger charge is -2.44. The maximum atomic E-state index is 13.3. The largest absolute Gasteiger partial charge is 0.398 e. The number of benzene rings is 1. The van der Waals surface area contributed by atoms with Crippen LogP contribution in [0.5, 0.6) is 0 Å². The van der Waals surface area contributed by atoms with Crippen LogP contribution in [-0.2, 0) is 6.54 Å². The number of nitrogens with zero attached hydrogens (tertiary/aromatic N) is 2. The van der Waals surface area contributed by atoms with E-state index in [2.05, 4.69) is 9.80 Å². The zero-order valence-electron chi connectivity index (χ0n) is 11.3. The summed E-state index contributed by atoms with van der Waals surface area (Å²) in [6, 6.07) is 5.36. The Morgan fingerprint density at radius 2 is 2.11 bits per heavy atom. The highest BCUT2D eigenvalue weighted by molar-refractivity contribution is 5.46. The van der Waals surface area contributed by atoms with Crippen LogP contribution in [0.25, 0.3) is 0 Å². The van der Waals surface area contributed by atoms with Gasteiger partial charge in [-0.3, -0.25) is 9.80 Å². The molecule has 2 aliphatic heterocycles. The second-order valence-corrected chi connectivity index (χ2v) is 5.76. The SMILES string of the molecule is Nc1ccc(F)cc1CN1CCN2CCCCC2C1. The van der Waals surface area contributed by atoms with Crippen molar-refractivity contribution in [1.29, 1.82) is 0 Å². The zero-order chi connectivity index (χ0) is 13.2. The summed E-state index contributed by atoms with van der Waals surface area (Å²) in [5, 5.41) is 0. The van der Waals surface area contributed by atoms with E-state index in [4.69, 9.17) is 5.73 Å². The Bertz CT molecular complexity index is 449. The molecule has 4 heteroatoms. The van der Waals surface area contributed by atoms with Gasteiger partial charge in [-0.2, -0.15) is 0 Å². The minimum absolute atomic E-state index is 0.194. The smallest absolute Gasteiger partial charge is 0.123 e. The molecule has 19 heavy (non-hydrogen) atoms. The Morgan fingerprint density at radius 1 is 1.21 bits per heavy atom. The molecule has 0 aliphatic carbocycles. The van der Waals surface area contributed by atoms with Crippen molar-refractivity contribution < 1.29 is 4.39 Å². The van der Waals surface area contributed by atoms with E-state index in [0.717, 1.165) is 31.7 Å². The molecule has 1 unspecified atom stereocenters. The van der Waals surface area contributed by atoms with Crippen molar-refractivity contribution in [3.05, 3.63) is 29.6 Å². The highest BCUT2D eigenvalue weighted by Crippen LogP contribution is 2.23. The number of hydrogen-bond donors (Lipinski definition) is 1. The van der Waals surface area contributed by atoms with Crippen molar-refractivity contribution in [2.24, 2.45) is 0 Å². The lowest BCUT2D eigenvalue weighted by molar-refractivity contribution is 0.0457. The second-order valence-electron chi connectivity index (χ2n) is 5.76. The van der Waals surface area contributed by atoms with E-state index in [9.17, 15) is 4.39 Å². The van der Waals surface area contributed by atoms with Gasteiger partial charge in [0.1, 0.15) is 5.82 Å². The number of piperazine rings is 1. The van der Waals surface area contributed by atoms with Crippen LogP contribution in [0, 0.1) is 5.82 Å². The molecule has 0 spiro atoms. The summed E-state index contributed by atoms with van der Waals surface area (Å²) in [6.07, 6.45) is 3.99. The average Bonchev–Trinajstić information content (AvgIpc) is 2.43. The molecule has 2 heterocycles. The van der Waals surface area contributed by atoms with E-state index in [1.807, 2.05) is 0 Å². The molecule has 1 atom stereocenters. The maximum absolute atomic E-state index is 13.3. The zero-order valence-corrected chi connectivity index (χ0v) is 11.3. The van der Waals surface area contributed by atoms with Gasteiger partial charge in [-0.15, -0.1) is 0 Å². The molecule has 0 saturated carbocycles. The van der Waals surface area contributed by atoms with Gasteiger partial charge >= 0.3 is 0 Å². The Morgan fingerprint density at radius 3 is 3.00 bits per heavy atom. The molecule has 0 aromatic heterocycles. The Kier molecular flexibility index (Phi) is 3.71. The van der Waals surface area contributed by atoms with E-state index in [1.54, 1.807) is 12.1 Å². The van der Waals surface area contributed by atoms with E-state index < -0.39 is 0 Å².